The lowest BCUT2D eigenvalue weighted by Crippen LogP contribution is -2.53. The summed E-state index contributed by atoms with van der Waals surface area (Å²) in [5.41, 5.74) is 2.59. The molecule has 5 aromatic carbocycles. The van der Waals surface area contributed by atoms with Crippen molar-refractivity contribution in [3.05, 3.63) is 132 Å². The van der Waals surface area contributed by atoms with Gasteiger partial charge in [-0.05, 0) is 44.3 Å². The van der Waals surface area contributed by atoms with Crippen molar-refractivity contribution in [3.8, 4) is 0 Å². The fraction of sp³-hybridized carbons (Fsp3) is 0.171. The van der Waals surface area contributed by atoms with Gasteiger partial charge in [0.1, 0.15) is 18.7 Å². The second-order valence-corrected chi connectivity index (χ2v) is 10.0. The number of esters is 1. The molecule has 0 bridgehead atoms. The number of alkyl carbamates (subject to hydrolysis) is 1. The standard InChI is InChI=1S/C35H32N2O5/c1-41-34(39)32(22-30-28-18-10-8-16-26(28)21-27-17-9-11-19-29(27)30)36-33(38)31(20-24-12-4-2-5-13-24)37-35(40)42-23-25-14-6-3-7-15-25/h2-19,21,31-32H,20,22-23H2,1H3,(H,36,38)(H,37,40)/t31-,32-/m1/s1. The van der Waals surface area contributed by atoms with Crippen molar-refractivity contribution in [1.82, 2.24) is 10.6 Å². The highest BCUT2D eigenvalue weighted by atomic mass is 16.5. The molecule has 0 fully saturated rings. The van der Waals surface area contributed by atoms with Crippen LogP contribution in [-0.4, -0.2) is 37.2 Å². The van der Waals surface area contributed by atoms with Crippen LogP contribution in [-0.2, 0) is 38.5 Å². The van der Waals surface area contributed by atoms with Crippen LogP contribution in [0.4, 0.5) is 4.79 Å². The molecule has 0 heterocycles. The highest BCUT2D eigenvalue weighted by Crippen LogP contribution is 2.29. The molecule has 0 aromatic heterocycles. The molecular weight excluding hydrogens is 528 g/mol. The van der Waals surface area contributed by atoms with Gasteiger partial charge < -0.3 is 20.1 Å². The van der Waals surface area contributed by atoms with Gasteiger partial charge in [0.2, 0.25) is 5.91 Å². The molecule has 2 amide bonds. The Morgan fingerprint density at radius 2 is 1.19 bits per heavy atom. The Hall–Kier alpha value is -5.17. The van der Waals surface area contributed by atoms with Crippen LogP contribution >= 0.6 is 0 Å². The second-order valence-electron chi connectivity index (χ2n) is 10.0. The Labute approximate surface area is 244 Å². The zero-order chi connectivity index (χ0) is 29.3. The first-order chi connectivity index (χ1) is 20.5. The number of carbonyl (C=O) groups is 3. The van der Waals surface area contributed by atoms with E-state index in [9.17, 15) is 14.4 Å². The summed E-state index contributed by atoms with van der Waals surface area (Å²) < 4.78 is 10.5. The topological polar surface area (TPSA) is 93.7 Å². The van der Waals surface area contributed by atoms with Gasteiger partial charge in [-0.15, -0.1) is 0 Å². The van der Waals surface area contributed by atoms with Gasteiger partial charge in [0.05, 0.1) is 7.11 Å². The maximum Gasteiger partial charge on any atom is 0.408 e. The average Bonchev–Trinajstić information content (AvgIpc) is 3.03. The van der Waals surface area contributed by atoms with Gasteiger partial charge in [-0.3, -0.25) is 4.79 Å². The summed E-state index contributed by atoms with van der Waals surface area (Å²) >= 11 is 0. The summed E-state index contributed by atoms with van der Waals surface area (Å²) in [6.45, 7) is 0.0608. The van der Waals surface area contributed by atoms with Crippen LogP contribution in [0.5, 0.6) is 0 Å². The zero-order valence-electron chi connectivity index (χ0n) is 23.3. The van der Waals surface area contributed by atoms with Gasteiger partial charge in [-0.2, -0.15) is 0 Å². The van der Waals surface area contributed by atoms with Crippen molar-refractivity contribution in [2.75, 3.05) is 7.11 Å². The monoisotopic (exact) mass is 560 g/mol. The molecule has 5 rings (SSSR count). The summed E-state index contributed by atoms with van der Waals surface area (Å²) in [5.74, 6) is -1.10. The molecule has 2 atom stereocenters. The van der Waals surface area contributed by atoms with E-state index in [2.05, 4.69) is 16.7 Å². The Morgan fingerprint density at radius 3 is 1.79 bits per heavy atom. The van der Waals surface area contributed by atoms with Gasteiger partial charge in [-0.25, -0.2) is 9.59 Å². The number of ether oxygens (including phenoxy) is 2. The molecule has 5 aromatic rings. The lowest BCUT2D eigenvalue weighted by Gasteiger charge is -2.23. The van der Waals surface area contributed by atoms with Crippen LogP contribution in [0.3, 0.4) is 0 Å². The van der Waals surface area contributed by atoms with E-state index in [0.717, 1.165) is 38.2 Å². The Bertz CT molecular complexity index is 1630. The predicted octanol–water partition coefficient (Wildman–Crippen LogP) is 5.73. The van der Waals surface area contributed by atoms with Crippen LogP contribution < -0.4 is 10.6 Å². The van der Waals surface area contributed by atoms with Crippen molar-refractivity contribution in [1.29, 1.82) is 0 Å². The maximum absolute atomic E-state index is 13.7. The van der Waals surface area contributed by atoms with Gasteiger partial charge in [-0.1, -0.05) is 109 Å². The number of methoxy groups -OCH3 is 1. The molecule has 42 heavy (non-hydrogen) atoms. The highest BCUT2D eigenvalue weighted by Gasteiger charge is 2.29. The molecule has 7 nitrogen and oxygen atoms in total. The first-order valence-corrected chi connectivity index (χ1v) is 13.8. The van der Waals surface area contributed by atoms with Crippen molar-refractivity contribution < 1.29 is 23.9 Å². The normalized spacial score (nSPS) is 12.3. The molecule has 0 aliphatic heterocycles. The first kappa shape index (κ1) is 28.4. The Morgan fingerprint density at radius 1 is 0.643 bits per heavy atom. The van der Waals surface area contributed by atoms with E-state index < -0.39 is 30.1 Å². The number of carbonyl (C=O) groups excluding carboxylic acids is 3. The minimum absolute atomic E-state index is 0.0608. The molecule has 0 spiro atoms. The van der Waals surface area contributed by atoms with E-state index >= 15 is 0 Å². The number of hydrogen-bond acceptors (Lipinski definition) is 5. The molecule has 0 saturated heterocycles. The summed E-state index contributed by atoms with van der Waals surface area (Å²) in [7, 11) is 1.29. The molecular formula is C35H32N2O5. The number of rotatable bonds is 10. The van der Waals surface area contributed by atoms with Crippen molar-refractivity contribution in [2.24, 2.45) is 0 Å². The van der Waals surface area contributed by atoms with E-state index in [-0.39, 0.29) is 19.4 Å². The quantitative estimate of drug-likeness (QED) is 0.168. The minimum Gasteiger partial charge on any atom is -0.467 e. The average molecular weight is 561 g/mol. The number of nitrogens with one attached hydrogen (secondary N) is 2. The van der Waals surface area contributed by atoms with Gasteiger partial charge in [0.15, 0.2) is 0 Å². The smallest absolute Gasteiger partial charge is 0.408 e. The summed E-state index contributed by atoms with van der Waals surface area (Å²) in [4.78, 5) is 39.5. The predicted molar refractivity (Wildman–Crippen MR) is 163 cm³/mol. The van der Waals surface area contributed by atoms with Gasteiger partial charge in [0, 0.05) is 12.8 Å². The molecule has 0 aliphatic carbocycles. The second kappa shape index (κ2) is 13.5. The largest absolute Gasteiger partial charge is 0.467 e. The summed E-state index contributed by atoms with van der Waals surface area (Å²) in [6.07, 6.45) is -0.320. The number of fused-ring (bicyclic) bond motifs is 2. The van der Waals surface area contributed by atoms with E-state index in [4.69, 9.17) is 9.47 Å². The third-order valence-electron chi connectivity index (χ3n) is 7.20. The minimum atomic E-state index is -0.993. The third-order valence-corrected chi connectivity index (χ3v) is 7.20. The van der Waals surface area contributed by atoms with E-state index in [1.165, 1.54) is 7.11 Å². The van der Waals surface area contributed by atoms with Crippen LogP contribution in [0.25, 0.3) is 21.5 Å². The molecule has 0 saturated carbocycles. The van der Waals surface area contributed by atoms with Crippen molar-refractivity contribution >= 4 is 39.5 Å². The van der Waals surface area contributed by atoms with E-state index in [1.807, 2.05) is 109 Å². The van der Waals surface area contributed by atoms with E-state index in [1.54, 1.807) is 0 Å². The fourth-order valence-corrected chi connectivity index (χ4v) is 5.11. The van der Waals surface area contributed by atoms with Crippen LogP contribution in [0, 0.1) is 0 Å². The first-order valence-electron chi connectivity index (χ1n) is 13.8. The van der Waals surface area contributed by atoms with Crippen LogP contribution in [0.1, 0.15) is 16.7 Å². The molecule has 2 N–H and O–H groups in total. The van der Waals surface area contributed by atoms with Crippen LogP contribution in [0.15, 0.2) is 115 Å². The van der Waals surface area contributed by atoms with Crippen LogP contribution in [0.2, 0.25) is 0 Å². The third kappa shape index (κ3) is 6.93. The SMILES string of the molecule is COC(=O)[C@@H](Cc1c2ccccc2cc2ccccc12)NC(=O)[C@@H](Cc1ccccc1)NC(=O)OCc1ccccc1. The molecule has 0 aliphatic rings. The van der Waals surface area contributed by atoms with E-state index in [0.29, 0.717) is 0 Å². The zero-order valence-corrected chi connectivity index (χ0v) is 23.3. The lowest BCUT2D eigenvalue weighted by atomic mass is 9.92. The number of amides is 2. The molecule has 0 unspecified atom stereocenters. The summed E-state index contributed by atoms with van der Waals surface area (Å²) in [5, 5.41) is 9.60. The summed E-state index contributed by atoms with van der Waals surface area (Å²) in [6, 6.07) is 34.7. The Balaban J connectivity index is 1.40. The lowest BCUT2D eigenvalue weighted by molar-refractivity contribution is -0.145. The van der Waals surface area contributed by atoms with Crippen molar-refractivity contribution in [2.45, 2.75) is 31.5 Å². The maximum atomic E-state index is 13.7. The fourth-order valence-electron chi connectivity index (χ4n) is 5.11. The molecule has 212 valence electrons. The highest BCUT2D eigenvalue weighted by molar-refractivity contribution is 6.03. The molecule has 0 radical (unpaired) electrons. The Kier molecular flexibility index (Phi) is 9.09. The number of hydrogen-bond donors (Lipinski definition) is 2. The number of benzene rings is 5. The van der Waals surface area contributed by atoms with Gasteiger partial charge >= 0.3 is 12.1 Å². The van der Waals surface area contributed by atoms with Crippen molar-refractivity contribution in [3.63, 3.8) is 0 Å². The van der Waals surface area contributed by atoms with Gasteiger partial charge in [0.25, 0.3) is 0 Å². The molecule has 7 heteroatoms.